The molecule has 10 heteroatoms. The van der Waals surface area contributed by atoms with Gasteiger partial charge in [-0.3, -0.25) is 14.2 Å². The second-order valence-electron chi connectivity index (χ2n) is 8.22. The largest absolute Gasteiger partial charge is 0.326 e. The van der Waals surface area contributed by atoms with E-state index in [2.05, 4.69) is 5.32 Å². The molecule has 0 atom stereocenters. The van der Waals surface area contributed by atoms with Crippen LogP contribution in [0.5, 0.6) is 0 Å². The Morgan fingerprint density at radius 1 is 1.09 bits per heavy atom. The van der Waals surface area contributed by atoms with E-state index in [4.69, 9.17) is 0 Å². The van der Waals surface area contributed by atoms with Crippen molar-refractivity contribution in [3.63, 3.8) is 0 Å². The van der Waals surface area contributed by atoms with E-state index in [0.717, 1.165) is 37.0 Å². The number of halogens is 1. The number of carbonyl (C=O) groups is 1. The molecule has 0 aliphatic carbocycles. The van der Waals surface area contributed by atoms with Gasteiger partial charge in [-0.15, -0.1) is 0 Å². The molecule has 1 amide bonds. The maximum Gasteiger partial charge on any atom is 0.308 e. The van der Waals surface area contributed by atoms with Crippen LogP contribution in [-0.4, -0.2) is 36.3 Å². The van der Waals surface area contributed by atoms with Crippen molar-refractivity contribution in [3.8, 4) is 0 Å². The topological polar surface area (TPSA) is 88.5 Å². The number of carbonyl (C=O) groups excluding carboxylic acids is 1. The zero-order chi connectivity index (χ0) is 23.6. The molecule has 1 fully saturated rings. The van der Waals surface area contributed by atoms with Crippen LogP contribution in [0.3, 0.4) is 0 Å². The third-order valence-corrected chi connectivity index (χ3v) is 8.70. The van der Waals surface area contributed by atoms with Gasteiger partial charge in [-0.25, -0.2) is 12.8 Å². The molecule has 2 heterocycles. The van der Waals surface area contributed by atoms with Crippen LogP contribution >= 0.6 is 11.3 Å². The smallest absolute Gasteiger partial charge is 0.308 e. The lowest BCUT2D eigenvalue weighted by molar-refractivity contribution is -0.116. The Balaban J connectivity index is 1.50. The van der Waals surface area contributed by atoms with E-state index in [1.54, 1.807) is 19.1 Å². The van der Waals surface area contributed by atoms with Gasteiger partial charge in [0.2, 0.25) is 15.9 Å². The number of nitrogens with one attached hydrogen (secondary N) is 1. The third-order valence-electron chi connectivity index (χ3n) is 5.87. The lowest BCUT2D eigenvalue weighted by Gasteiger charge is -2.19. The second kappa shape index (κ2) is 9.74. The number of aryl methyl sites for hydroxylation is 2. The second-order valence-corrected chi connectivity index (χ2v) is 11.2. The molecule has 1 saturated heterocycles. The number of fused-ring (bicyclic) bond motifs is 1. The number of hydrogen-bond acceptors (Lipinski definition) is 5. The minimum Gasteiger partial charge on any atom is -0.326 e. The van der Waals surface area contributed by atoms with Crippen LogP contribution < -0.4 is 10.2 Å². The molecule has 1 aromatic heterocycles. The normalized spacial score (nSPS) is 15.5. The van der Waals surface area contributed by atoms with Gasteiger partial charge in [0.25, 0.3) is 0 Å². The van der Waals surface area contributed by atoms with Crippen LogP contribution in [0.15, 0.2) is 46.1 Å². The first-order valence-corrected chi connectivity index (χ1v) is 13.2. The van der Waals surface area contributed by atoms with E-state index >= 15 is 0 Å². The van der Waals surface area contributed by atoms with E-state index in [1.165, 1.54) is 33.1 Å². The number of nitrogens with zero attached hydrogens (tertiary/aromatic N) is 2. The van der Waals surface area contributed by atoms with E-state index in [-0.39, 0.29) is 34.5 Å². The fourth-order valence-electron chi connectivity index (χ4n) is 4.04. The zero-order valence-corrected chi connectivity index (χ0v) is 20.0. The number of thiazole rings is 1. The van der Waals surface area contributed by atoms with Gasteiger partial charge in [-0.1, -0.05) is 24.2 Å². The zero-order valence-electron chi connectivity index (χ0n) is 18.3. The number of benzene rings is 2. The van der Waals surface area contributed by atoms with Gasteiger partial charge >= 0.3 is 4.87 Å². The molecule has 0 saturated carbocycles. The van der Waals surface area contributed by atoms with Crippen molar-refractivity contribution < 1.29 is 17.6 Å². The molecule has 1 N–H and O–H groups in total. The van der Waals surface area contributed by atoms with Crippen molar-refractivity contribution in [2.45, 2.75) is 50.5 Å². The number of anilines is 1. The van der Waals surface area contributed by atoms with Gasteiger partial charge in [-0.2, -0.15) is 4.31 Å². The minimum absolute atomic E-state index is 0.0520. The van der Waals surface area contributed by atoms with E-state index in [9.17, 15) is 22.4 Å². The number of rotatable bonds is 6. The molecule has 3 aromatic rings. The number of sulfonamides is 1. The lowest BCUT2D eigenvalue weighted by Crippen LogP contribution is -2.31. The van der Waals surface area contributed by atoms with Crippen molar-refractivity contribution >= 4 is 43.2 Å². The lowest BCUT2D eigenvalue weighted by atomic mass is 10.2. The molecule has 176 valence electrons. The fraction of sp³-hybridized carbons (Fsp3) is 0.391. The van der Waals surface area contributed by atoms with Gasteiger partial charge in [0.1, 0.15) is 5.82 Å². The Morgan fingerprint density at radius 3 is 2.52 bits per heavy atom. The molecule has 2 aromatic carbocycles. The molecule has 0 unspecified atom stereocenters. The first kappa shape index (κ1) is 23.6. The van der Waals surface area contributed by atoms with Crippen LogP contribution in [0.1, 0.15) is 37.7 Å². The molecular formula is C23H26FN3O4S2. The molecule has 0 radical (unpaired) electrons. The summed E-state index contributed by atoms with van der Waals surface area (Å²) in [4.78, 5) is 24.9. The average Bonchev–Trinajstić information content (AvgIpc) is 2.93. The summed E-state index contributed by atoms with van der Waals surface area (Å²) in [6, 6.07) is 8.84. The van der Waals surface area contributed by atoms with Crippen LogP contribution in [-0.2, 0) is 21.4 Å². The summed E-state index contributed by atoms with van der Waals surface area (Å²) >= 11 is 0.971. The third kappa shape index (κ3) is 5.18. The highest BCUT2D eigenvalue weighted by Gasteiger charge is 2.26. The maximum atomic E-state index is 13.2. The van der Waals surface area contributed by atoms with Crippen LogP contribution in [0.25, 0.3) is 10.2 Å². The number of aromatic nitrogens is 1. The predicted molar refractivity (Wildman–Crippen MR) is 128 cm³/mol. The molecule has 33 heavy (non-hydrogen) atoms. The monoisotopic (exact) mass is 491 g/mol. The summed E-state index contributed by atoms with van der Waals surface area (Å²) in [5.74, 6) is -0.671. The molecule has 1 aliphatic heterocycles. The van der Waals surface area contributed by atoms with Gasteiger partial charge in [0.15, 0.2) is 0 Å². The van der Waals surface area contributed by atoms with E-state index in [0.29, 0.717) is 34.6 Å². The van der Waals surface area contributed by atoms with Gasteiger partial charge in [0, 0.05) is 31.7 Å². The van der Waals surface area contributed by atoms with Crippen LogP contribution in [0.2, 0.25) is 0 Å². The minimum atomic E-state index is -3.61. The van der Waals surface area contributed by atoms with Crippen molar-refractivity contribution in [2.24, 2.45) is 0 Å². The molecule has 0 bridgehead atoms. The average molecular weight is 492 g/mol. The Labute approximate surface area is 195 Å². The molecule has 1 aliphatic rings. The molecule has 7 nitrogen and oxygen atoms in total. The van der Waals surface area contributed by atoms with Gasteiger partial charge in [-0.05, 0) is 61.7 Å². The summed E-state index contributed by atoms with van der Waals surface area (Å²) in [5.41, 5.74) is 1.73. The standard InChI is InChI=1S/C23H26FN3O4S2/c1-16-14-17(24)6-8-19(16)25-22(28)10-13-27-20-9-7-18(15-21(20)32-23(27)29)33(30,31)26-11-4-2-3-5-12-26/h6-9,14-15H,2-5,10-13H2,1H3,(H,25,28). The Hall–Kier alpha value is -2.56. The van der Waals surface area contributed by atoms with Crippen LogP contribution in [0, 0.1) is 12.7 Å². The fourth-order valence-corrected chi connectivity index (χ4v) is 6.62. The van der Waals surface area contributed by atoms with Crippen LogP contribution in [0.4, 0.5) is 10.1 Å². The highest BCUT2D eigenvalue weighted by Crippen LogP contribution is 2.26. The van der Waals surface area contributed by atoms with Gasteiger partial charge in [0.05, 0.1) is 15.1 Å². The molecule has 0 spiro atoms. The van der Waals surface area contributed by atoms with Crippen molar-refractivity contribution in [3.05, 3.63) is 57.4 Å². The highest BCUT2D eigenvalue weighted by atomic mass is 32.2. The van der Waals surface area contributed by atoms with E-state index in [1.807, 2.05) is 0 Å². The highest BCUT2D eigenvalue weighted by molar-refractivity contribution is 7.89. The summed E-state index contributed by atoms with van der Waals surface area (Å²) < 4.78 is 43.0. The summed E-state index contributed by atoms with van der Waals surface area (Å²) in [5, 5.41) is 2.74. The van der Waals surface area contributed by atoms with E-state index < -0.39 is 10.0 Å². The molecular weight excluding hydrogens is 465 g/mol. The van der Waals surface area contributed by atoms with Crippen molar-refractivity contribution in [1.82, 2.24) is 8.87 Å². The summed E-state index contributed by atoms with van der Waals surface area (Å²) in [6.45, 7) is 2.89. The number of amides is 1. The van der Waals surface area contributed by atoms with Gasteiger partial charge < -0.3 is 5.32 Å². The first-order valence-electron chi connectivity index (χ1n) is 11.0. The Morgan fingerprint density at radius 2 is 1.82 bits per heavy atom. The Kier molecular flexibility index (Phi) is 6.96. The van der Waals surface area contributed by atoms with Crippen molar-refractivity contribution in [1.29, 1.82) is 0 Å². The first-order chi connectivity index (χ1) is 15.8. The molecule has 4 rings (SSSR count). The quantitative estimate of drug-likeness (QED) is 0.562. The Bertz CT molecular complexity index is 1340. The maximum absolute atomic E-state index is 13.2. The van der Waals surface area contributed by atoms with Crippen molar-refractivity contribution in [2.75, 3.05) is 18.4 Å². The number of hydrogen-bond donors (Lipinski definition) is 1. The summed E-state index contributed by atoms with van der Waals surface area (Å²) in [7, 11) is -3.61. The SMILES string of the molecule is Cc1cc(F)ccc1NC(=O)CCn1c(=O)sc2cc(S(=O)(=O)N3CCCCCC3)ccc21. The summed E-state index contributed by atoms with van der Waals surface area (Å²) in [6.07, 6.45) is 3.82. The predicted octanol–water partition coefficient (Wildman–Crippen LogP) is 4.10.